The molecule has 8 nitrogen and oxygen atoms in total. The second-order valence-electron chi connectivity index (χ2n) is 8.16. The van der Waals surface area contributed by atoms with Crippen molar-refractivity contribution in [3.8, 4) is 0 Å². The third-order valence-corrected chi connectivity index (χ3v) is 7.41. The number of carbonyl (C=O) groups excluding carboxylic acids is 2. The van der Waals surface area contributed by atoms with E-state index >= 15 is 0 Å². The van der Waals surface area contributed by atoms with E-state index in [1.807, 2.05) is 19.9 Å². The van der Waals surface area contributed by atoms with Crippen molar-refractivity contribution >= 4 is 27.6 Å². The SMILES string of the molecule is Cc1cccc(NC(=O)C(C)OC(=O)C2CC(O)CN2S(=O)(=O)c2ccc(C)c(C)c2)c1. The second-order valence-corrected chi connectivity index (χ2v) is 10.1. The number of hydrogen-bond acceptors (Lipinski definition) is 6. The number of aryl methyl sites for hydroxylation is 3. The molecular weight excluding hydrogens is 432 g/mol. The molecule has 172 valence electrons. The predicted octanol–water partition coefficient (Wildman–Crippen LogP) is 2.31. The summed E-state index contributed by atoms with van der Waals surface area (Å²) in [6.45, 7) is 6.74. The molecule has 0 aromatic heterocycles. The van der Waals surface area contributed by atoms with Gasteiger partial charge in [-0.15, -0.1) is 0 Å². The van der Waals surface area contributed by atoms with Crippen molar-refractivity contribution in [2.75, 3.05) is 11.9 Å². The number of nitrogens with zero attached hydrogens (tertiary/aromatic N) is 1. The van der Waals surface area contributed by atoms with Crippen LogP contribution in [0.1, 0.15) is 30.0 Å². The van der Waals surface area contributed by atoms with Gasteiger partial charge in [0.1, 0.15) is 6.04 Å². The Labute approximate surface area is 188 Å². The normalized spacial score (nSPS) is 20.0. The summed E-state index contributed by atoms with van der Waals surface area (Å²) in [5.74, 6) is -1.41. The summed E-state index contributed by atoms with van der Waals surface area (Å²) in [6.07, 6.45) is -2.26. The largest absolute Gasteiger partial charge is 0.451 e. The zero-order chi connectivity index (χ0) is 23.6. The molecule has 0 aliphatic carbocycles. The average molecular weight is 461 g/mol. The van der Waals surface area contributed by atoms with Gasteiger partial charge in [-0.05, 0) is 68.7 Å². The van der Waals surface area contributed by atoms with Crippen LogP contribution in [0.3, 0.4) is 0 Å². The molecular formula is C23H28N2O6S. The molecule has 32 heavy (non-hydrogen) atoms. The number of benzene rings is 2. The molecule has 1 saturated heterocycles. The van der Waals surface area contributed by atoms with Gasteiger partial charge in [0.25, 0.3) is 5.91 Å². The Bertz CT molecular complexity index is 1130. The van der Waals surface area contributed by atoms with Gasteiger partial charge >= 0.3 is 5.97 Å². The maximum absolute atomic E-state index is 13.2. The lowest BCUT2D eigenvalue weighted by atomic mass is 10.1. The third kappa shape index (κ3) is 5.17. The maximum atomic E-state index is 13.2. The highest BCUT2D eigenvalue weighted by Gasteiger charge is 2.45. The number of nitrogens with one attached hydrogen (secondary N) is 1. The topological polar surface area (TPSA) is 113 Å². The quantitative estimate of drug-likeness (QED) is 0.640. The number of aliphatic hydroxyl groups excluding tert-OH is 1. The highest BCUT2D eigenvalue weighted by Crippen LogP contribution is 2.28. The summed E-state index contributed by atoms with van der Waals surface area (Å²) >= 11 is 0. The average Bonchev–Trinajstić information content (AvgIpc) is 3.12. The minimum atomic E-state index is -4.04. The van der Waals surface area contributed by atoms with Gasteiger partial charge in [0.05, 0.1) is 11.0 Å². The van der Waals surface area contributed by atoms with Gasteiger partial charge in [-0.2, -0.15) is 4.31 Å². The first-order valence-corrected chi connectivity index (χ1v) is 11.8. The van der Waals surface area contributed by atoms with Crippen molar-refractivity contribution in [2.45, 2.75) is 57.3 Å². The summed E-state index contributed by atoms with van der Waals surface area (Å²) in [7, 11) is -4.04. The molecule has 3 atom stereocenters. The first-order chi connectivity index (χ1) is 15.0. The van der Waals surface area contributed by atoms with E-state index in [1.165, 1.54) is 19.1 Å². The van der Waals surface area contributed by atoms with Crippen LogP contribution in [0, 0.1) is 20.8 Å². The highest BCUT2D eigenvalue weighted by atomic mass is 32.2. The molecule has 2 aromatic rings. The van der Waals surface area contributed by atoms with E-state index in [9.17, 15) is 23.1 Å². The first kappa shape index (κ1) is 23.9. The van der Waals surface area contributed by atoms with Crippen LogP contribution in [0.4, 0.5) is 5.69 Å². The van der Waals surface area contributed by atoms with Crippen molar-refractivity contribution in [3.63, 3.8) is 0 Å². The molecule has 1 heterocycles. The number of hydrogen-bond donors (Lipinski definition) is 2. The van der Waals surface area contributed by atoms with Crippen LogP contribution < -0.4 is 5.32 Å². The number of carbonyl (C=O) groups is 2. The number of sulfonamides is 1. The van der Waals surface area contributed by atoms with Crippen LogP contribution in [0.15, 0.2) is 47.4 Å². The third-order valence-electron chi connectivity index (χ3n) is 5.54. The molecule has 1 aliphatic rings. The predicted molar refractivity (Wildman–Crippen MR) is 120 cm³/mol. The number of esters is 1. The summed E-state index contributed by atoms with van der Waals surface area (Å²) < 4.78 is 32.6. The highest BCUT2D eigenvalue weighted by molar-refractivity contribution is 7.89. The van der Waals surface area contributed by atoms with E-state index in [0.717, 1.165) is 21.0 Å². The lowest BCUT2D eigenvalue weighted by molar-refractivity contribution is -0.156. The summed E-state index contributed by atoms with van der Waals surface area (Å²) in [4.78, 5) is 25.3. The van der Waals surface area contributed by atoms with Gasteiger partial charge < -0.3 is 15.2 Å². The minimum Gasteiger partial charge on any atom is -0.451 e. The van der Waals surface area contributed by atoms with E-state index in [1.54, 1.807) is 31.2 Å². The molecule has 2 aromatic carbocycles. The number of amides is 1. The number of rotatable bonds is 6. The molecule has 0 bridgehead atoms. The van der Waals surface area contributed by atoms with Crippen LogP contribution in [-0.2, 0) is 24.3 Å². The Morgan fingerprint density at radius 2 is 1.84 bits per heavy atom. The lowest BCUT2D eigenvalue weighted by Gasteiger charge is -2.24. The van der Waals surface area contributed by atoms with Crippen LogP contribution in [0.5, 0.6) is 0 Å². The fourth-order valence-corrected chi connectivity index (χ4v) is 5.26. The van der Waals surface area contributed by atoms with Crippen molar-refractivity contribution in [3.05, 3.63) is 59.2 Å². The monoisotopic (exact) mass is 460 g/mol. The molecule has 1 fully saturated rings. The van der Waals surface area contributed by atoms with Crippen molar-refractivity contribution in [1.82, 2.24) is 4.31 Å². The fraction of sp³-hybridized carbons (Fsp3) is 0.391. The smallest absolute Gasteiger partial charge is 0.325 e. The van der Waals surface area contributed by atoms with Crippen molar-refractivity contribution in [1.29, 1.82) is 0 Å². The van der Waals surface area contributed by atoms with Gasteiger partial charge in [0.2, 0.25) is 10.0 Å². The zero-order valence-corrected chi connectivity index (χ0v) is 19.3. The second kappa shape index (κ2) is 9.40. The molecule has 1 amide bonds. The summed E-state index contributed by atoms with van der Waals surface area (Å²) in [5.41, 5.74) is 3.26. The summed E-state index contributed by atoms with van der Waals surface area (Å²) in [5, 5.41) is 12.8. The molecule has 0 spiro atoms. The van der Waals surface area contributed by atoms with Crippen LogP contribution in [-0.4, -0.2) is 54.5 Å². The van der Waals surface area contributed by atoms with E-state index in [-0.39, 0.29) is 17.9 Å². The molecule has 0 radical (unpaired) electrons. The lowest BCUT2D eigenvalue weighted by Crippen LogP contribution is -2.43. The molecule has 1 aliphatic heterocycles. The maximum Gasteiger partial charge on any atom is 0.325 e. The van der Waals surface area contributed by atoms with Crippen LogP contribution >= 0.6 is 0 Å². The Kier molecular flexibility index (Phi) is 7.02. The Morgan fingerprint density at radius 1 is 1.12 bits per heavy atom. The van der Waals surface area contributed by atoms with Crippen LogP contribution in [0.2, 0.25) is 0 Å². The molecule has 9 heteroatoms. The fourth-order valence-electron chi connectivity index (χ4n) is 3.55. The zero-order valence-electron chi connectivity index (χ0n) is 18.5. The van der Waals surface area contributed by atoms with E-state index in [2.05, 4.69) is 5.32 Å². The van der Waals surface area contributed by atoms with Gasteiger partial charge in [0, 0.05) is 18.7 Å². The van der Waals surface area contributed by atoms with Crippen molar-refractivity contribution in [2.24, 2.45) is 0 Å². The van der Waals surface area contributed by atoms with E-state index in [4.69, 9.17) is 4.74 Å². The van der Waals surface area contributed by atoms with E-state index in [0.29, 0.717) is 5.69 Å². The van der Waals surface area contributed by atoms with Gasteiger partial charge in [-0.25, -0.2) is 8.42 Å². The van der Waals surface area contributed by atoms with Gasteiger partial charge in [-0.3, -0.25) is 9.59 Å². The standard InChI is InChI=1S/C23H28N2O6S/c1-14-6-5-7-18(10-14)24-22(27)17(4)31-23(28)21-12-19(26)13-25(21)32(29,30)20-9-8-15(2)16(3)11-20/h5-11,17,19,21,26H,12-13H2,1-4H3,(H,24,27). The molecule has 3 rings (SSSR count). The number of aliphatic hydroxyl groups is 1. The minimum absolute atomic E-state index is 0.0396. The number of anilines is 1. The van der Waals surface area contributed by atoms with E-state index < -0.39 is 40.1 Å². The van der Waals surface area contributed by atoms with Gasteiger partial charge in [-0.1, -0.05) is 18.2 Å². The molecule has 2 N–H and O–H groups in total. The Balaban J connectivity index is 1.74. The first-order valence-electron chi connectivity index (χ1n) is 10.3. The van der Waals surface area contributed by atoms with Gasteiger partial charge in [0.15, 0.2) is 6.10 Å². The molecule has 0 saturated carbocycles. The Hall–Kier alpha value is -2.75. The number of ether oxygens (including phenoxy) is 1. The summed E-state index contributed by atoms with van der Waals surface area (Å²) in [6, 6.07) is 10.7. The Morgan fingerprint density at radius 3 is 2.50 bits per heavy atom. The van der Waals surface area contributed by atoms with Crippen LogP contribution in [0.25, 0.3) is 0 Å². The van der Waals surface area contributed by atoms with Crippen molar-refractivity contribution < 1.29 is 27.9 Å². The molecule has 3 unspecified atom stereocenters. The number of β-amino-alcohol motifs (C(OH)–C–C–N with tert-alkyl or cyclic N) is 1.